The molecule has 0 amide bonds. The van der Waals surface area contributed by atoms with Crippen molar-refractivity contribution in [2.24, 2.45) is 0 Å². The number of aromatic nitrogens is 5. The van der Waals surface area contributed by atoms with Crippen molar-refractivity contribution < 1.29 is 5.11 Å². The van der Waals surface area contributed by atoms with Gasteiger partial charge in [-0.1, -0.05) is 0 Å². The molecule has 0 saturated heterocycles. The van der Waals surface area contributed by atoms with Gasteiger partial charge in [0.15, 0.2) is 0 Å². The van der Waals surface area contributed by atoms with E-state index in [0.29, 0.717) is 13.0 Å². The van der Waals surface area contributed by atoms with Crippen LogP contribution in [0.15, 0.2) is 31.2 Å². The number of nitrogens with zero attached hydrogens (tertiary/aromatic N) is 5. The van der Waals surface area contributed by atoms with E-state index in [9.17, 15) is 5.11 Å². The van der Waals surface area contributed by atoms with E-state index in [0.717, 1.165) is 5.69 Å². The number of aliphatic hydroxyl groups excluding tert-OH is 1. The van der Waals surface area contributed by atoms with Gasteiger partial charge in [0, 0.05) is 18.3 Å². The monoisotopic (exact) mass is 205 g/mol. The molecular formula is C9H11N5O. The Morgan fingerprint density at radius 2 is 2.27 bits per heavy atom. The lowest BCUT2D eigenvalue weighted by atomic mass is 10.2. The summed E-state index contributed by atoms with van der Waals surface area (Å²) in [5.74, 6) is 0. The molecule has 2 aromatic rings. The fourth-order valence-corrected chi connectivity index (χ4v) is 1.29. The van der Waals surface area contributed by atoms with Crippen molar-refractivity contribution in [1.29, 1.82) is 0 Å². The minimum Gasteiger partial charge on any atom is -0.391 e. The van der Waals surface area contributed by atoms with Crippen LogP contribution in [0.3, 0.4) is 0 Å². The zero-order chi connectivity index (χ0) is 10.5. The Morgan fingerprint density at radius 3 is 2.93 bits per heavy atom. The van der Waals surface area contributed by atoms with Crippen molar-refractivity contribution in [3.63, 3.8) is 0 Å². The van der Waals surface area contributed by atoms with Gasteiger partial charge >= 0.3 is 0 Å². The SMILES string of the molecule is OC(Cc1ccncn1)Cn1cncn1. The molecule has 2 rings (SSSR count). The van der Waals surface area contributed by atoms with E-state index in [2.05, 4.69) is 20.1 Å². The first-order valence-corrected chi connectivity index (χ1v) is 4.60. The second kappa shape index (κ2) is 4.61. The van der Waals surface area contributed by atoms with Crippen LogP contribution in [-0.4, -0.2) is 35.9 Å². The maximum absolute atomic E-state index is 9.73. The summed E-state index contributed by atoms with van der Waals surface area (Å²) in [6.07, 6.45) is 6.12. The lowest BCUT2D eigenvalue weighted by molar-refractivity contribution is 0.148. The zero-order valence-electron chi connectivity index (χ0n) is 8.06. The average molecular weight is 205 g/mol. The first kappa shape index (κ1) is 9.72. The quantitative estimate of drug-likeness (QED) is 0.739. The predicted molar refractivity (Wildman–Crippen MR) is 51.8 cm³/mol. The highest BCUT2D eigenvalue weighted by Gasteiger charge is 2.07. The van der Waals surface area contributed by atoms with Crippen LogP contribution < -0.4 is 0 Å². The molecular weight excluding hydrogens is 194 g/mol. The minimum atomic E-state index is -0.512. The van der Waals surface area contributed by atoms with Gasteiger partial charge in [0.25, 0.3) is 0 Å². The van der Waals surface area contributed by atoms with E-state index in [1.165, 1.54) is 12.7 Å². The number of rotatable bonds is 4. The van der Waals surface area contributed by atoms with E-state index < -0.39 is 6.10 Å². The van der Waals surface area contributed by atoms with Gasteiger partial charge in [-0.25, -0.2) is 15.0 Å². The van der Waals surface area contributed by atoms with Gasteiger partial charge in [-0.3, -0.25) is 4.68 Å². The Morgan fingerprint density at radius 1 is 1.33 bits per heavy atom. The van der Waals surface area contributed by atoms with Gasteiger partial charge in [0.1, 0.15) is 19.0 Å². The standard InChI is InChI=1S/C9H11N5O/c15-9(4-14-7-11-6-13-14)3-8-1-2-10-5-12-8/h1-2,5-7,9,15H,3-4H2. The van der Waals surface area contributed by atoms with E-state index >= 15 is 0 Å². The van der Waals surface area contributed by atoms with E-state index in [1.807, 2.05) is 0 Å². The van der Waals surface area contributed by atoms with Crippen molar-refractivity contribution in [3.8, 4) is 0 Å². The second-order valence-corrected chi connectivity index (χ2v) is 3.18. The molecule has 0 bridgehead atoms. The molecule has 0 aliphatic carbocycles. The van der Waals surface area contributed by atoms with Crippen LogP contribution in [0.1, 0.15) is 5.69 Å². The molecule has 2 heterocycles. The van der Waals surface area contributed by atoms with Crippen molar-refractivity contribution >= 4 is 0 Å². The summed E-state index contributed by atoms with van der Waals surface area (Å²) in [5, 5.41) is 13.6. The average Bonchev–Trinajstić information content (AvgIpc) is 2.71. The molecule has 1 atom stereocenters. The third kappa shape index (κ3) is 2.81. The molecule has 78 valence electrons. The zero-order valence-corrected chi connectivity index (χ0v) is 8.06. The Labute approximate surface area is 86.6 Å². The third-order valence-corrected chi connectivity index (χ3v) is 1.95. The van der Waals surface area contributed by atoms with Crippen LogP contribution in [0.25, 0.3) is 0 Å². The van der Waals surface area contributed by atoms with Gasteiger partial charge in [-0.15, -0.1) is 0 Å². The van der Waals surface area contributed by atoms with Crippen LogP contribution >= 0.6 is 0 Å². The van der Waals surface area contributed by atoms with Crippen LogP contribution in [0.5, 0.6) is 0 Å². The van der Waals surface area contributed by atoms with Crippen molar-refractivity contribution in [2.75, 3.05) is 0 Å². The van der Waals surface area contributed by atoms with Crippen LogP contribution in [0.4, 0.5) is 0 Å². The molecule has 0 spiro atoms. The van der Waals surface area contributed by atoms with E-state index in [4.69, 9.17) is 0 Å². The highest BCUT2D eigenvalue weighted by atomic mass is 16.3. The minimum absolute atomic E-state index is 0.421. The van der Waals surface area contributed by atoms with Crippen molar-refractivity contribution in [3.05, 3.63) is 36.9 Å². The molecule has 0 fully saturated rings. The molecule has 6 heteroatoms. The van der Waals surface area contributed by atoms with Gasteiger partial charge < -0.3 is 5.11 Å². The fourth-order valence-electron chi connectivity index (χ4n) is 1.29. The number of hydrogen-bond donors (Lipinski definition) is 1. The summed E-state index contributed by atoms with van der Waals surface area (Å²) in [6.45, 7) is 0.421. The third-order valence-electron chi connectivity index (χ3n) is 1.95. The van der Waals surface area contributed by atoms with Gasteiger partial charge in [-0.2, -0.15) is 5.10 Å². The first-order valence-electron chi connectivity index (χ1n) is 4.60. The Balaban J connectivity index is 1.90. The summed E-state index contributed by atoms with van der Waals surface area (Å²) in [7, 11) is 0. The molecule has 1 unspecified atom stereocenters. The Kier molecular flexibility index (Phi) is 2.99. The fraction of sp³-hybridized carbons (Fsp3) is 0.333. The Hall–Kier alpha value is -1.82. The maximum Gasteiger partial charge on any atom is 0.137 e. The number of hydrogen-bond acceptors (Lipinski definition) is 5. The summed E-state index contributed by atoms with van der Waals surface area (Å²) in [5.41, 5.74) is 0.817. The summed E-state index contributed by atoms with van der Waals surface area (Å²) in [6, 6.07) is 1.78. The summed E-state index contributed by atoms with van der Waals surface area (Å²) in [4.78, 5) is 11.6. The smallest absolute Gasteiger partial charge is 0.137 e. The van der Waals surface area contributed by atoms with Gasteiger partial charge in [-0.05, 0) is 6.07 Å². The van der Waals surface area contributed by atoms with Crippen LogP contribution in [0, 0.1) is 0 Å². The molecule has 1 N–H and O–H groups in total. The van der Waals surface area contributed by atoms with Crippen molar-refractivity contribution in [2.45, 2.75) is 19.1 Å². The molecule has 0 aliphatic rings. The normalized spacial score (nSPS) is 12.6. The van der Waals surface area contributed by atoms with Gasteiger partial charge in [0.05, 0.1) is 12.6 Å². The topological polar surface area (TPSA) is 76.7 Å². The van der Waals surface area contributed by atoms with Crippen LogP contribution in [-0.2, 0) is 13.0 Å². The molecule has 6 nitrogen and oxygen atoms in total. The highest BCUT2D eigenvalue weighted by Crippen LogP contribution is 1.99. The highest BCUT2D eigenvalue weighted by molar-refractivity contribution is 4.99. The lowest BCUT2D eigenvalue weighted by Gasteiger charge is -2.08. The first-order chi connectivity index (χ1) is 7.34. The summed E-state index contributed by atoms with van der Waals surface area (Å²) >= 11 is 0. The molecule has 0 radical (unpaired) electrons. The molecule has 0 saturated carbocycles. The lowest BCUT2D eigenvalue weighted by Crippen LogP contribution is -2.19. The molecule has 0 aliphatic heterocycles. The molecule has 0 aromatic carbocycles. The van der Waals surface area contributed by atoms with Gasteiger partial charge in [0.2, 0.25) is 0 Å². The number of aliphatic hydroxyl groups is 1. The molecule has 15 heavy (non-hydrogen) atoms. The van der Waals surface area contributed by atoms with E-state index in [-0.39, 0.29) is 0 Å². The van der Waals surface area contributed by atoms with Crippen molar-refractivity contribution in [1.82, 2.24) is 24.7 Å². The predicted octanol–water partition coefficient (Wildman–Crippen LogP) is -0.328. The Bertz CT molecular complexity index is 388. The second-order valence-electron chi connectivity index (χ2n) is 3.18. The largest absolute Gasteiger partial charge is 0.391 e. The molecule has 2 aromatic heterocycles. The van der Waals surface area contributed by atoms with Crippen LogP contribution in [0.2, 0.25) is 0 Å². The maximum atomic E-state index is 9.73. The van der Waals surface area contributed by atoms with E-state index in [1.54, 1.807) is 23.3 Å². The summed E-state index contributed by atoms with van der Waals surface area (Å²) < 4.78 is 1.59.